The van der Waals surface area contributed by atoms with E-state index >= 15 is 0 Å². The SMILES string of the molecule is Cc1cc(NC(=O)c2cccc(C#N)c2)c(C)cc1NC(=O)c1cccc(C#N)c1. The zero-order chi connectivity index (χ0) is 21.7. The second-order valence-corrected chi connectivity index (χ2v) is 6.78. The van der Waals surface area contributed by atoms with E-state index in [1.807, 2.05) is 26.0 Å². The molecule has 146 valence electrons. The molecule has 6 heteroatoms. The molecule has 30 heavy (non-hydrogen) atoms. The van der Waals surface area contributed by atoms with Gasteiger partial charge in [-0.05, 0) is 73.5 Å². The van der Waals surface area contributed by atoms with Crippen LogP contribution in [0.15, 0.2) is 60.7 Å². The van der Waals surface area contributed by atoms with Crippen molar-refractivity contribution in [2.75, 3.05) is 10.6 Å². The normalized spacial score (nSPS) is 9.87. The second-order valence-electron chi connectivity index (χ2n) is 6.78. The van der Waals surface area contributed by atoms with E-state index in [1.165, 1.54) is 12.1 Å². The number of amides is 2. The van der Waals surface area contributed by atoms with Crippen molar-refractivity contribution in [3.05, 3.63) is 94.0 Å². The van der Waals surface area contributed by atoms with Crippen molar-refractivity contribution in [2.24, 2.45) is 0 Å². The molecular weight excluding hydrogens is 376 g/mol. The van der Waals surface area contributed by atoms with Crippen LogP contribution in [-0.2, 0) is 0 Å². The fraction of sp³-hybridized carbons (Fsp3) is 0.0833. The Morgan fingerprint density at radius 3 is 1.47 bits per heavy atom. The van der Waals surface area contributed by atoms with Gasteiger partial charge in [-0.25, -0.2) is 0 Å². The van der Waals surface area contributed by atoms with Gasteiger partial charge in [0.05, 0.1) is 23.3 Å². The average molecular weight is 394 g/mol. The fourth-order valence-electron chi connectivity index (χ4n) is 2.93. The van der Waals surface area contributed by atoms with Gasteiger partial charge in [-0.3, -0.25) is 9.59 Å². The van der Waals surface area contributed by atoms with E-state index in [9.17, 15) is 9.59 Å². The number of nitrogens with zero attached hydrogens (tertiary/aromatic N) is 2. The van der Waals surface area contributed by atoms with Crippen LogP contribution in [0.2, 0.25) is 0 Å². The Morgan fingerprint density at radius 1 is 0.700 bits per heavy atom. The minimum absolute atomic E-state index is 0.320. The van der Waals surface area contributed by atoms with Crippen LogP contribution >= 0.6 is 0 Å². The zero-order valence-corrected chi connectivity index (χ0v) is 16.5. The molecule has 6 nitrogen and oxygen atoms in total. The number of nitriles is 2. The third-order valence-corrected chi connectivity index (χ3v) is 4.58. The van der Waals surface area contributed by atoms with E-state index in [0.717, 1.165) is 11.1 Å². The highest BCUT2D eigenvalue weighted by atomic mass is 16.2. The number of anilines is 2. The molecule has 0 aliphatic heterocycles. The summed E-state index contributed by atoms with van der Waals surface area (Å²) in [4.78, 5) is 25.1. The topological polar surface area (TPSA) is 106 Å². The largest absolute Gasteiger partial charge is 0.322 e. The quantitative estimate of drug-likeness (QED) is 0.677. The van der Waals surface area contributed by atoms with Crippen LogP contribution in [0.1, 0.15) is 43.0 Å². The van der Waals surface area contributed by atoms with Gasteiger partial charge in [0.1, 0.15) is 0 Å². The molecule has 0 fully saturated rings. The number of hydrogen-bond acceptors (Lipinski definition) is 4. The zero-order valence-electron chi connectivity index (χ0n) is 16.5. The smallest absolute Gasteiger partial charge is 0.255 e. The summed E-state index contributed by atoms with van der Waals surface area (Å²) < 4.78 is 0. The Hall–Kier alpha value is -4.42. The van der Waals surface area contributed by atoms with Crippen molar-refractivity contribution < 1.29 is 9.59 Å². The standard InChI is InChI=1S/C24H18N4O2/c1-15-9-22(28-24(30)20-8-4-6-18(12-20)14-26)16(2)10-21(15)27-23(29)19-7-3-5-17(11-19)13-25/h3-12H,1-2H3,(H,27,29)(H,28,30). The number of aryl methyl sites for hydroxylation is 2. The number of hydrogen-bond donors (Lipinski definition) is 2. The predicted molar refractivity (Wildman–Crippen MR) is 114 cm³/mol. The van der Waals surface area contributed by atoms with Crippen LogP contribution in [0.3, 0.4) is 0 Å². The molecular formula is C24H18N4O2. The first-order valence-electron chi connectivity index (χ1n) is 9.15. The van der Waals surface area contributed by atoms with E-state index in [0.29, 0.717) is 33.6 Å². The van der Waals surface area contributed by atoms with Gasteiger partial charge in [0.15, 0.2) is 0 Å². The van der Waals surface area contributed by atoms with Crippen molar-refractivity contribution in [1.29, 1.82) is 10.5 Å². The lowest BCUT2D eigenvalue weighted by Gasteiger charge is -2.14. The summed E-state index contributed by atoms with van der Waals surface area (Å²) in [6.07, 6.45) is 0. The van der Waals surface area contributed by atoms with Crippen LogP contribution < -0.4 is 10.6 Å². The molecule has 0 aliphatic carbocycles. The molecule has 0 spiro atoms. The molecule has 3 aromatic carbocycles. The van der Waals surface area contributed by atoms with E-state index in [-0.39, 0.29) is 11.8 Å². The first-order chi connectivity index (χ1) is 14.4. The molecule has 0 saturated heterocycles. The van der Waals surface area contributed by atoms with Gasteiger partial charge in [0.25, 0.3) is 11.8 Å². The lowest BCUT2D eigenvalue weighted by molar-refractivity contribution is 0.101. The highest BCUT2D eigenvalue weighted by Crippen LogP contribution is 2.25. The van der Waals surface area contributed by atoms with Crippen molar-refractivity contribution in [2.45, 2.75) is 13.8 Å². The number of benzene rings is 3. The molecule has 0 unspecified atom stereocenters. The molecule has 0 aromatic heterocycles. The molecule has 3 rings (SSSR count). The first kappa shape index (κ1) is 20.3. The highest BCUT2D eigenvalue weighted by Gasteiger charge is 2.13. The maximum atomic E-state index is 12.5. The molecule has 0 atom stereocenters. The molecule has 0 heterocycles. The molecule has 0 radical (unpaired) electrons. The Labute approximate surface area is 174 Å². The van der Waals surface area contributed by atoms with Gasteiger partial charge < -0.3 is 10.6 Å². The first-order valence-corrected chi connectivity index (χ1v) is 9.15. The summed E-state index contributed by atoms with van der Waals surface area (Å²) in [5.41, 5.74) is 4.37. The molecule has 0 aliphatic rings. The van der Waals surface area contributed by atoms with Crippen LogP contribution in [0.25, 0.3) is 0 Å². The Bertz CT molecular complexity index is 1140. The summed E-state index contributed by atoms with van der Waals surface area (Å²) in [5.74, 6) is -0.639. The fourth-order valence-corrected chi connectivity index (χ4v) is 2.93. The van der Waals surface area contributed by atoms with Gasteiger partial charge in [-0.2, -0.15) is 10.5 Å². The predicted octanol–water partition coefficient (Wildman–Crippen LogP) is 4.55. The van der Waals surface area contributed by atoms with Gasteiger partial charge >= 0.3 is 0 Å². The molecule has 2 amide bonds. The monoisotopic (exact) mass is 394 g/mol. The van der Waals surface area contributed by atoms with Gasteiger partial charge in [-0.15, -0.1) is 0 Å². The lowest BCUT2D eigenvalue weighted by atomic mass is 10.1. The highest BCUT2D eigenvalue weighted by molar-refractivity contribution is 6.06. The van der Waals surface area contributed by atoms with E-state index in [1.54, 1.807) is 48.5 Å². The van der Waals surface area contributed by atoms with E-state index in [4.69, 9.17) is 10.5 Å². The summed E-state index contributed by atoms with van der Waals surface area (Å²) in [6.45, 7) is 3.65. The Morgan fingerprint density at radius 2 is 1.10 bits per heavy atom. The maximum absolute atomic E-state index is 12.5. The maximum Gasteiger partial charge on any atom is 0.255 e. The lowest BCUT2D eigenvalue weighted by Crippen LogP contribution is -2.15. The molecule has 3 aromatic rings. The van der Waals surface area contributed by atoms with Crippen LogP contribution in [0, 0.1) is 36.5 Å². The number of carbonyl (C=O) groups is 2. The average Bonchev–Trinajstić information content (AvgIpc) is 2.77. The number of rotatable bonds is 4. The molecule has 0 saturated carbocycles. The summed E-state index contributed by atoms with van der Waals surface area (Å²) in [5, 5.41) is 23.7. The third-order valence-electron chi connectivity index (χ3n) is 4.58. The van der Waals surface area contributed by atoms with E-state index in [2.05, 4.69) is 10.6 Å². The van der Waals surface area contributed by atoms with E-state index < -0.39 is 0 Å². The van der Waals surface area contributed by atoms with Crippen LogP contribution in [0.4, 0.5) is 11.4 Å². The Balaban J connectivity index is 1.79. The number of nitrogens with one attached hydrogen (secondary N) is 2. The van der Waals surface area contributed by atoms with Crippen molar-refractivity contribution in [1.82, 2.24) is 0 Å². The van der Waals surface area contributed by atoms with Gasteiger partial charge in [-0.1, -0.05) is 12.1 Å². The molecule has 0 bridgehead atoms. The minimum atomic E-state index is -0.320. The minimum Gasteiger partial charge on any atom is -0.322 e. The van der Waals surface area contributed by atoms with Crippen molar-refractivity contribution in [3.8, 4) is 12.1 Å². The van der Waals surface area contributed by atoms with Crippen molar-refractivity contribution in [3.63, 3.8) is 0 Å². The van der Waals surface area contributed by atoms with Crippen LogP contribution in [-0.4, -0.2) is 11.8 Å². The summed E-state index contributed by atoms with van der Waals surface area (Å²) >= 11 is 0. The van der Waals surface area contributed by atoms with Gasteiger partial charge in [0.2, 0.25) is 0 Å². The van der Waals surface area contributed by atoms with Gasteiger partial charge in [0, 0.05) is 22.5 Å². The Kier molecular flexibility index (Phi) is 5.91. The van der Waals surface area contributed by atoms with Crippen molar-refractivity contribution >= 4 is 23.2 Å². The number of carbonyl (C=O) groups excluding carboxylic acids is 2. The summed E-state index contributed by atoms with van der Waals surface area (Å²) in [6, 6.07) is 20.5. The molecule has 2 N–H and O–H groups in total. The third kappa shape index (κ3) is 4.52. The second kappa shape index (κ2) is 8.72. The van der Waals surface area contributed by atoms with Crippen LogP contribution in [0.5, 0.6) is 0 Å². The summed E-state index contributed by atoms with van der Waals surface area (Å²) in [7, 11) is 0.